The van der Waals surface area contributed by atoms with Gasteiger partial charge < -0.3 is 15.5 Å². The van der Waals surface area contributed by atoms with E-state index in [2.05, 4.69) is 17.1 Å². The molecule has 0 aliphatic heterocycles. The minimum absolute atomic E-state index is 0.0640. The van der Waals surface area contributed by atoms with Gasteiger partial charge in [-0.05, 0) is 86.2 Å². The minimum Gasteiger partial charge on any atom is -0.491 e. The van der Waals surface area contributed by atoms with E-state index in [1.807, 2.05) is 32.9 Å². The molecule has 5 heteroatoms. The first-order valence-electron chi connectivity index (χ1n) is 10.7. The summed E-state index contributed by atoms with van der Waals surface area (Å²) < 4.78 is 20.0. The lowest BCUT2D eigenvalue weighted by Crippen LogP contribution is -2.17. The average Bonchev–Trinajstić information content (AvgIpc) is 2.91. The molecule has 2 aliphatic carbocycles. The van der Waals surface area contributed by atoms with Crippen LogP contribution in [0.1, 0.15) is 55.5 Å². The molecule has 0 spiro atoms. The summed E-state index contributed by atoms with van der Waals surface area (Å²) in [5, 5.41) is 0.785. The second kappa shape index (κ2) is 7.12. The summed E-state index contributed by atoms with van der Waals surface area (Å²) in [6, 6.07) is 10.8. The summed E-state index contributed by atoms with van der Waals surface area (Å²) in [7, 11) is 0. The van der Waals surface area contributed by atoms with Crippen LogP contribution in [0.4, 0.5) is 4.39 Å². The average molecular weight is 416 g/mol. The fourth-order valence-corrected chi connectivity index (χ4v) is 5.03. The maximum atomic E-state index is 14.1. The van der Waals surface area contributed by atoms with Crippen LogP contribution in [0.15, 0.2) is 48.0 Å². The Hall–Kier alpha value is -3.34. The van der Waals surface area contributed by atoms with Gasteiger partial charge >= 0.3 is 0 Å². The van der Waals surface area contributed by atoms with Gasteiger partial charge in [0.25, 0.3) is 0 Å². The number of primary amides is 1. The van der Waals surface area contributed by atoms with Crippen molar-refractivity contribution in [3.05, 3.63) is 76.2 Å². The van der Waals surface area contributed by atoms with E-state index in [0.29, 0.717) is 5.57 Å². The van der Waals surface area contributed by atoms with E-state index in [9.17, 15) is 9.18 Å². The van der Waals surface area contributed by atoms with Gasteiger partial charge in [0.1, 0.15) is 11.6 Å². The predicted octanol–water partition coefficient (Wildman–Crippen LogP) is 5.48. The highest BCUT2D eigenvalue weighted by Crippen LogP contribution is 2.46. The SMILES string of the molecule is CC1=C(C(N)=O)C2=CC(CCc3cc(OC(C)C)ccc32)c2[nH]c3ccc(F)cc3c21. The standard InChI is InChI=1S/C26H25FN2O2/c1-13(2)31-18-7-8-19-15(10-18)4-5-16-11-20(19)24(26(28)30)14(3)23-21-12-17(27)6-9-22(21)29-25(16)23/h6-13,16,29H,4-5H2,1-3H3,(H2,28,30). The van der Waals surface area contributed by atoms with Crippen molar-refractivity contribution in [2.75, 3.05) is 0 Å². The third-order valence-corrected chi connectivity index (χ3v) is 6.26. The van der Waals surface area contributed by atoms with Gasteiger partial charge in [-0.2, -0.15) is 0 Å². The van der Waals surface area contributed by atoms with Crippen LogP contribution in [0.3, 0.4) is 0 Å². The Morgan fingerprint density at radius 2 is 2.03 bits per heavy atom. The Balaban J connectivity index is 1.76. The maximum absolute atomic E-state index is 14.1. The number of fused-ring (bicyclic) bond motifs is 7. The Morgan fingerprint density at radius 1 is 1.23 bits per heavy atom. The molecule has 0 saturated heterocycles. The summed E-state index contributed by atoms with van der Waals surface area (Å²) in [6.45, 7) is 5.91. The number of carbonyl (C=O) groups is 1. The number of aromatic nitrogens is 1. The number of H-pyrrole nitrogens is 1. The van der Waals surface area contributed by atoms with Gasteiger partial charge in [0.2, 0.25) is 5.91 Å². The minimum atomic E-state index is -0.475. The molecule has 1 amide bonds. The zero-order chi connectivity index (χ0) is 21.9. The molecule has 2 aromatic carbocycles. The Morgan fingerprint density at radius 3 is 2.77 bits per heavy atom. The van der Waals surface area contributed by atoms with Crippen molar-refractivity contribution in [3.63, 3.8) is 0 Å². The molecule has 1 heterocycles. The number of aromatic amines is 1. The van der Waals surface area contributed by atoms with Gasteiger partial charge in [0.05, 0.1) is 11.7 Å². The molecule has 0 radical (unpaired) electrons. The molecule has 1 aromatic heterocycles. The van der Waals surface area contributed by atoms with E-state index < -0.39 is 5.91 Å². The second-order valence-corrected chi connectivity index (χ2v) is 8.68. The van der Waals surface area contributed by atoms with Crippen molar-refractivity contribution in [2.24, 2.45) is 5.73 Å². The fraction of sp³-hybridized carbons (Fsp3) is 0.269. The largest absolute Gasteiger partial charge is 0.491 e. The first-order valence-corrected chi connectivity index (χ1v) is 10.7. The van der Waals surface area contributed by atoms with E-state index >= 15 is 0 Å². The molecule has 4 nitrogen and oxygen atoms in total. The fourth-order valence-electron chi connectivity index (χ4n) is 5.03. The lowest BCUT2D eigenvalue weighted by Gasteiger charge is -2.18. The zero-order valence-corrected chi connectivity index (χ0v) is 17.9. The molecule has 158 valence electrons. The summed E-state index contributed by atoms with van der Waals surface area (Å²) >= 11 is 0. The number of nitrogens with one attached hydrogen (secondary N) is 1. The number of amides is 1. The van der Waals surface area contributed by atoms with Crippen molar-refractivity contribution < 1.29 is 13.9 Å². The van der Waals surface area contributed by atoms with E-state index in [4.69, 9.17) is 10.5 Å². The van der Waals surface area contributed by atoms with Gasteiger partial charge in [-0.25, -0.2) is 4.39 Å². The number of carbonyl (C=O) groups excluding carboxylic acids is 1. The maximum Gasteiger partial charge on any atom is 0.249 e. The van der Waals surface area contributed by atoms with Crippen LogP contribution < -0.4 is 10.5 Å². The van der Waals surface area contributed by atoms with Gasteiger partial charge in [0, 0.05) is 28.1 Å². The van der Waals surface area contributed by atoms with Crippen LogP contribution >= 0.6 is 0 Å². The lowest BCUT2D eigenvalue weighted by molar-refractivity contribution is -0.114. The molecular formula is C26H25FN2O2. The third kappa shape index (κ3) is 3.16. The van der Waals surface area contributed by atoms with Crippen molar-refractivity contribution in [1.82, 2.24) is 4.98 Å². The highest BCUT2D eigenvalue weighted by Gasteiger charge is 2.32. The molecule has 3 aromatic rings. The summed E-state index contributed by atoms with van der Waals surface area (Å²) in [5.41, 5.74) is 13.0. The van der Waals surface area contributed by atoms with Gasteiger partial charge in [-0.3, -0.25) is 4.79 Å². The van der Waals surface area contributed by atoms with Crippen LogP contribution in [0, 0.1) is 5.82 Å². The molecular weight excluding hydrogens is 391 g/mol. The third-order valence-electron chi connectivity index (χ3n) is 6.26. The molecule has 0 saturated carbocycles. The number of benzene rings is 2. The van der Waals surface area contributed by atoms with Crippen LogP contribution in [0.2, 0.25) is 0 Å². The van der Waals surface area contributed by atoms with Crippen molar-refractivity contribution in [1.29, 1.82) is 0 Å². The molecule has 1 unspecified atom stereocenters. The molecule has 5 rings (SSSR count). The smallest absolute Gasteiger partial charge is 0.249 e. The lowest BCUT2D eigenvalue weighted by atomic mass is 9.88. The molecule has 1 atom stereocenters. The number of hydrogen-bond acceptors (Lipinski definition) is 2. The van der Waals surface area contributed by atoms with E-state index in [0.717, 1.165) is 63.0 Å². The van der Waals surface area contributed by atoms with E-state index in [1.54, 1.807) is 6.07 Å². The van der Waals surface area contributed by atoms with Crippen molar-refractivity contribution >= 4 is 28.0 Å². The number of hydrogen-bond donors (Lipinski definition) is 2. The highest BCUT2D eigenvalue weighted by atomic mass is 19.1. The topological polar surface area (TPSA) is 68.1 Å². The summed E-state index contributed by atoms with van der Waals surface area (Å²) in [6.07, 6.45) is 3.94. The number of rotatable bonds is 3. The number of halogens is 1. The van der Waals surface area contributed by atoms with E-state index in [1.165, 1.54) is 12.1 Å². The molecule has 2 bridgehead atoms. The first-order chi connectivity index (χ1) is 14.8. The Labute approximate surface area is 180 Å². The summed E-state index contributed by atoms with van der Waals surface area (Å²) in [5.74, 6) is 0.115. The molecule has 3 N–H and O–H groups in total. The molecule has 31 heavy (non-hydrogen) atoms. The van der Waals surface area contributed by atoms with Crippen LogP contribution in [-0.4, -0.2) is 17.0 Å². The second-order valence-electron chi connectivity index (χ2n) is 8.68. The van der Waals surface area contributed by atoms with Crippen LogP contribution in [0.25, 0.3) is 22.0 Å². The number of nitrogens with two attached hydrogens (primary N) is 1. The predicted molar refractivity (Wildman–Crippen MR) is 121 cm³/mol. The van der Waals surface area contributed by atoms with Crippen molar-refractivity contribution in [2.45, 2.75) is 45.6 Å². The van der Waals surface area contributed by atoms with Gasteiger partial charge in [-0.15, -0.1) is 0 Å². The monoisotopic (exact) mass is 416 g/mol. The van der Waals surface area contributed by atoms with Gasteiger partial charge in [0.15, 0.2) is 0 Å². The van der Waals surface area contributed by atoms with Crippen LogP contribution in [0.5, 0.6) is 5.75 Å². The van der Waals surface area contributed by atoms with Crippen molar-refractivity contribution in [3.8, 4) is 5.75 Å². The molecule has 0 fully saturated rings. The Kier molecular flexibility index (Phi) is 4.50. The normalized spacial score (nSPS) is 17.7. The molecule has 2 aliphatic rings. The van der Waals surface area contributed by atoms with Crippen LogP contribution in [-0.2, 0) is 11.2 Å². The van der Waals surface area contributed by atoms with Gasteiger partial charge in [-0.1, -0.05) is 12.1 Å². The Bertz CT molecular complexity index is 1300. The zero-order valence-electron chi connectivity index (χ0n) is 17.9. The number of aryl methyl sites for hydroxylation is 1. The van der Waals surface area contributed by atoms with E-state index in [-0.39, 0.29) is 17.8 Å². The quantitative estimate of drug-likeness (QED) is 0.594. The number of ether oxygens (including phenoxy) is 1. The first kappa shape index (κ1) is 19.6. The highest BCUT2D eigenvalue weighted by molar-refractivity contribution is 6.17. The number of allylic oxidation sites excluding steroid dienone is 2. The summed E-state index contributed by atoms with van der Waals surface area (Å²) in [4.78, 5) is 16.2.